The van der Waals surface area contributed by atoms with Crippen molar-refractivity contribution in [1.29, 1.82) is 0 Å². The quantitative estimate of drug-likeness (QED) is 0.880. The van der Waals surface area contributed by atoms with E-state index in [0.717, 1.165) is 24.2 Å². The zero-order valence-electron chi connectivity index (χ0n) is 11.8. The minimum Gasteiger partial charge on any atom is -0.496 e. The fourth-order valence-electron chi connectivity index (χ4n) is 2.14. The van der Waals surface area contributed by atoms with E-state index in [4.69, 9.17) is 15.0 Å². The third kappa shape index (κ3) is 2.90. The number of aromatic nitrogens is 1. The van der Waals surface area contributed by atoms with Crippen LogP contribution in [0, 0.1) is 0 Å². The van der Waals surface area contributed by atoms with Gasteiger partial charge < -0.3 is 20.3 Å². The summed E-state index contributed by atoms with van der Waals surface area (Å²) < 4.78 is 10.4. The maximum absolute atomic E-state index is 12.1. The predicted molar refractivity (Wildman–Crippen MR) is 77.3 cm³/mol. The second-order valence-electron chi connectivity index (χ2n) is 5.07. The van der Waals surface area contributed by atoms with Gasteiger partial charge in [-0.05, 0) is 18.9 Å². The summed E-state index contributed by atoms with van der Waals surface area (Å²) in [5.41, 5.74) is 7.42. The van der Waals surface area contributed by atoms with Gasteiger partial charge in [-0.25, -0.2) is 0 Å². The molecule has 1 fully saturated rings. The smallest absolute Gasteiger partial charge is 0.277 e. The maximum Gasteiger partial charge on any atom is 0.277 e. The predicted octanol–water partition coefficient (Wildman–Crippen LogP) is 2.27. The van der Waals surface area contributed by atoms with Gasteiger partial charge in [0.2, 0.25) is 0 Å². The molecule has 0 radical (unpaired) electrons. The first kappa shape index (κ1) is 13.6. The first-order chi connectivity index (χ1) is 10.2. The number of ether oxygens (including phenoxy) is 1. The summed E-state index contributed by atoms with van der Waals surface area (Å²) in [7, 11) is 1.57. The third-order valence-corrected chi connectivity index (χ3v) is 3.51. The molecule has 1 heterocycles. The number of nitrogens with one attached hydrogen (secondary N) is 1. The molecule has 1 aliphatic carbocycles. The van der Waals surface area contributed by atoms with Crippen molar-refractivity contribution in [2.24, 2.45) is 5.73 Å². The van der Waals surface area contributed by atoms with Gasteiger partial charge in [0.05, 0.1) is 7.11 Å². The van der Waals surface area contributed by atoms with E-state index in [9.17, 15) is 4.79 Å². The average molecular weight is 287 g/mol. The molecule has 110 valence electrons. The van der Waals surface area contributed by atoms with Crippen molar-refractivity contribution < 1.29 is 14.1 Å². The molecule has 3 N–H and O–H groups in total. The van der Waals surface area contributed by atoms with E-state index in [2.05, 4.69) is 10.5 Å². The van der Waals surface area contributed by atoms with Crippen LogP contribution in [0.2, 0.25) is 0 Å². The Kier molecular flexibility index (Phi) is 3.62. The third-order valence-electron chi connectivity index (χ3n) is 3.51. The molecule has 0 bridgehead atoms. The lowest BCUT2D eigenvalue weighted by atomic mass is 10.1. The van der Waals surface area contributed by atoms with Crippen molar-refractivity contribution in [1.82, 2.24) is 5.16 Å². The zero-order chi connectivity index (χ0) is 14.8. The minimum atomic E-state index is -0.298. The Morgan fingerprint density at radius 1 is 1.48 bits per heavy atom. The molecule has 6 heteroatoms. The standard InChI is InChI=1S/C15H17N3O3/c1-20-13-6-11(5-4-10(13)8-16)17-15(19)12-7-14(21-18-12)9-2-3-9/h4-7,9H,2-3,8,16H2,1H3,(H,17,19). The highest BCUT2D eigenvalue weighted by molar-refractivity contribution is 6.02. The van der Waals surface area contributed by atoms with Crippen molar-refractivity contribution in [3.8, 4) is 5.75 Å². The Morgan fingerprint density at radius 2 is 2.29 bits per heavy atom. The number of nitrogens with zero attached hydrogens (tertiary/aromatic N) is 1. The van der Waals surface area contributed by atoms with Gasteiger partial charge in [-0.15, -0.1) is 0 Å². The van der Waals surface area contributed by atoms with E-state index < -0.39 is 0 Å². The van der Waals surface area contributed by atoms with E-state index in [1.165, 1.54) is 0 Å². The molecule has 1 aromatic heterocycles. The van der Waals surface area contributed by atoms with Gasteiger partial charge in [-0.1, -0.05) is 11.2 Å². The Labute approximate surface area is 122 Å². The highest BCUT2D eigenvalue weighted by Crippen LogP contribution is 2.40. The summed E-state index contributed by atoms with van der Waals surface area (Å²) >= 11 is 0. The Morgan fingerprint density at radius 3 is 2.95 bits per heavy atom. The van der Waals surface area contributed by atoms with Crippen LogP contribution < -0.4 is 15.8 Å². The molecule has 0 spiro atoms. The number of anilines is 1. The first-order valence-corrected chi connectivity index (χ1v) is 6.86. The molecule has 1 saturated carbocycles. The van der Waals surface area contributed by atoms with Crippen LogP contribution in [0.4, 0.5) is 5.69 Å². The van der Waals surface area contributed by atoms with Gasteiger partial charge in [0.15, 0.2) is 5.69 Å². The molecule has 0 atom stereocenters. The summed E-state index contributed by atoms with van der Waals surface area (Å²) in [6.45, 7) is 0.380. The van der Waals surface area contributed by atoms with Crippen LogP contribution >= 0.6 is 0 Å². The van der Waals surface area contributed by atoms with Gasteiger partial charge in [0.1, 0.15) is 11.5 Å². The summed E-state index contributed by atoms with van der Waals surface area (Å²) in [5.74, 6) is 1.57. The Hall–Kier alpha value is -2.34. The number of carbonyl (C=O) groups is 1. The number of rotatable bonds is 5. The molecule has 1 aliphatic rings. The SMILES string of the molecule is COc1cc(NC(=O)c2cc(C3CC3)on2)ccc1CN. The number of hydrogen-bond donors (Lipinski definition) is 2. The topological polar surface area (TPSA) is 90.4 Å². The van der Waals surface area contributed by atoms with Gasteiger partial charge in [-0.2, -0.15) is 0 Å². The fraction of sp³-hybridized carbons (Fsp3) is 0.333. The monoisotopic (exact) mass is 287 g/mol. The molecule has 3 rings (SSSR count). The van der Waals surface area contributed by atoms with E-state index in [1.54, 1.807) is 25.3 Å². The molecular formula is C15H17N3O3. The molecule has 0 unspecified atom stereocenters. The Bertz CT molecular complexity index is 662. The lowest BCUT2D eigenvalue weighted by Crippen LogP contribution is -2.12. The van der Waals surface area contributed by atoms with Crippen molar-refractivity contribution in [3.05, 3.63) is 41.3 Å². The molecule has 6 nitrogen and oxygen atoms in total. The van der Waals surface area contributed by atoms with E-state index in [1.807, 2.05) is 6.07 Å². The maximum atomic E-state index is 12.1. The molecule has 2 aromatic rings. The number of benzene rings is 1. The lowest BCUT2D eigenvalue weighted by Gasteiger charge is -2.09. The molecule has 21 heavy (non-hydrogen) atoms. The number of amides is 1. The second-order valence-corrected chi connectivity index (χ2v) is 5.07. The normalized spacial score (nSPS) is 14.0. The van der Waals surface area contributed by atoms with Gasteiger partial charge in [0, 0.05) is 35.8 Å². The average Bonchev–Trinajstić information content (AvgIpc) is 3.24. The van der Waals surface area contributed by atoms with Crippen molar-refractivity contribution in [2.75, 3.05) is 12.4 Å². The lowest BCUT2D eigenvalue weighted by molar-refractivity contribution is 0.101. The van der Waals surface area contributed by atoms with E-state index in [0.29, 0.717) is 29.6 Å². The largest absolute Gasteiger partial charge is 0.496 e. The highest BCUT2D eigenvalue weighted by atomic mass is 16.5. The van der Waals surface area contributed by atoms with Crippen LogP contribution in [0.1, 0.15) is 40.6 Å². The Balaban J connectivity index is 1.74. The number of carbonyl (C=O) groups excluding carboxylic acids is 1. The summed E-state index contributed by atoms with van der Waals surface area (Å²) in [4.78, 5) is 12.1. The van der Waals surface area contributed by atoms with Crippen LogP contribution in [-0.4, -0.2) is 18.2 Å². The van der Waals surface area contributed by atoms with Crippen LogP contribution in [0.25, 0.3) is 0 Å². The zero-order valence-corrected chi connectivity index (χ0v) is 11.8. The van der Waals surface area contributed by atoms with Crippen LogP contribution in [0.3, 0.4) is 0 Å². The summed E-state index contributed by atoms with van der Waals surface area (Å²) in [6, 6.07) is 7.05. The molecule has 0 aliphatic heterocycles. The number of hydrogen-bond acceptors (Lipinski definition) is 5. The second kappa shape index (κ2) is 5.57. The molecule has 1 amide bonds. The fourth-order valence-corrected chi connectivity index (χ4v) is 2.14. The highest BCUT2D eigenvalue weighted by Gasteiger charge is 2.28. The van der Waals surface area contributed by atoms with Crippen LogP contribution in [0.15, 0.2) is 28.8 Å². The first-order valence-electron chi connectivity index (χ1n) is 6.86. The molecular weight excluding hydrogens is 270 g/mol. The number of nitrogens with two attached hydrogens (primary N) is 1. The molecule has 0 saturated heterocycles. The van der Waals surface area contributed by atoms with Gasteiger partial charge in [0.25, 0.3) is 5.91 Å². The summed E-state index contributed by atoms with van der Waals surface area (Å²) in [6.07, 6.45) is 2.21. The summed E-state index contributed by atoms with van der Waals surface area (Å²) in [5, 5.41) is 6.59. The van der Waals surface area contributed by atoms with Crippen molar-refractivity contribution in [2.45, 2.75) is 25.3 Å². The van der Waals surface area contributed by atoms with E-state index in [-0.39, 0.29) is 5.91 Å². The van der Waals surface area contributed by atoms with Gasteiger partial charge in [-0.3, -0.25) is 4.79 Å². The van der Waals surface area contributed by atoms with Crippen LogP contribution in [0.5, 0.6) is 5.75 Å². The minimum absolute atomic E-state index is 0.291. The van der Waals surface area contributed by atoms with E-state index >= 15 is 0 Å². The van der Waals surface area contributed by atoms with Crippen molar-refractivity contribution >= 4 is 11.6 Å². The van der Waals surface area contributed by atoms with Crippen LogP contribution in [-0.2, 0) is 6.54 Å². The van der Waals surface area contributed by atoms with Gasteiger partial charge >= 0.3 is 0 Å². The molecule has 1 aromatic carbocycles. The number of methoxy groups -OCH3 is 1. The van der Waals surface area contributed by atoms with Crippen molar-refractivity contribution in [3.63, 3.8) is 0 Å².